The Morgan fingerprint density at radius 3 is 2.07 bits per heavy atom. The van der Waals surface area contributed by atoms with Gasteiger partial charge in [0, 0.05) is 0 Å². The van der Waals surface area contributed by atoms with E-state index in [1.54, 1.807) is 20.8 Å². The molecule has 0 radical (unpaired) electrons. The number of ether oxygens (including phenoxy) is 1. The van der Waals surface area contributed by atoms with E-state index < -0.39 is 33.6 Å². The second kappa shape index (κ2) is 8.34. The van der Waals surface area contributed by atoms with Crippen molar-refractivity contribution < 1.29 is 33.3 Å². The number of rotatable bonds is 6. The molecule has 10 heteroatoms. The molecule has 2 amide bonds. The first-order valence-corrected chi connectivity index (χ1v) is 9.32. The van der Waals surface area contributed by atoms with E-state index in [1.165, 1.54) is 0 Å². The van der Waals surface area contributed by atoms with Crippen LogP contribution in [0.15, 0.2) is 0 Å². The van der Waals surface area contributed by atoms with Gasteiger partial charge in [0.05, 0.1) is 11.2 Å². The number of carbonyl (C=O) groups is 2. The van der Waals surface area contributed by atoms with Crippen LogP contribution in [-0.2, 0) is 14.0 Å². The Kier molecular flexibility index (Phi) is 7.32. The fraction of sp³-hybridized carbons (Fsp3) is 0.882. The van der Waals surface area contributed by atoms with E-state index in [1.807, 2.05) is 27.7 Å². The van der Waals surface area contributed by atoms with Gasteiger partial charge in [0.1, 0.15) is 12.1 Å². The number of hydrogen-bond donors (Lipinski definition) is 3. The molecule has 1 fully saturated rings. The molecule has 4 N–H and O–H groups in total. The summed E-state index contributed by atoms with van der Waals surface area (Å²) in [5, 5.41) is 9.59. The lowest BCUT2D eigenvalue weighted by Crippen LogP contribution is -2.66. The Balaban J connectivity index is 2.59. The topological polar surface area (TPSA) is 120 Å². The Morgan fingerprint density at radius 2 is 1.67 bits per heavy atom. The summed E-state index contributed by atoms with van der Waals surface area (Å²) >= 11 is 0. The highest BCUT2D eigenvalue weighted by atomic mass is 16.7. The number of nitrogens with zero attached hydrogens (tertiary/aromatic N) is 1. The molecule has 1 rings (SSSR count). The molecule has 0 aromatic carbocycles. The van der Waals surface area contributed by atoms with E-state index in [2.05, 4.69) is 5.43 Å². The van der Waals surface area contributed by atoms with Crippen LogP contribution in [0.2, 0.25) is 6.32 Å². The van der Waals surface area contributed by atoms with Gasteiger partial charge in [-0.3, -0.25) is 5.73 Å². The van der Waals surface area contributed by atoms with Gasteiger partial charge in [-0.2, -0.15) is 10.2 Å². The maximum Gasteiger partial charge on any atom is 0.540 e. The molecule has 0 saturated carbocycles. The molecule has 0 spiro atoms. The van der Waals surface area contributed by atoms with Crippen molar-refractivity contribution in [2.75, 3.05) is 13.2 Å². The summed E-state index contributed by atoms with van der Waals surface area (Å²) in [7, 11) is -0.335. The van der Waals surface area contributed by atoms with Gasteiger partial charge in [-0.15, -0.1) is 4.59 Å². The lowest BCUT2D eigenvalue weighted by atomic mass is 9.82. The second-order valence-corrected chi connectivity index (χ2v) is 8.95. The average molecular weight is 388 g/mol. The molecule has 0 bridgehead atoms. The molecule has 0 aliphatic carbocycles. The normalized spacial score (nSPS) is 20.8. The minimum Gasteiger partial charge on any atom is -0.441 e. The van der Waals surface area contributed by atoms with Crippen molar-refractivity contribution in [3.8, 4) is 0 Å². The third-order valence-corrected chi connectivity index (χ3v) is 4.91. The fourth-order valence-electron chi connectivity index (χ4n) is 2.67. The number of carbonyl (C=O) groups excluding carboxylic acids is 1. The summed E-state index contributed by atoms with van der Waals surface area (Å²) in [4.78, 5) is 23.8. The van der Waals surface area contributed by atoms with Gasteiger partial charge < -0.3 is 19.2 Å². The van der Waals surface area contributed by atoms with Gasteiger partial charge in [-0.25, -0.2) is 4.79 Å². The summed E-state index contributed by atoms with van der Waals surface area (Å²) in [6.07, 6.45) is -0.243. The summed E-state index contributed by atoms with van der Waals surface area (Å²) in [5.41, 5.74) is 6.53. The predicted molar refractivity (Wildman–Crippen MR) is 102 cm³/mol. The molecule has 27 heavy (non-hydrogen) atoms. The van der Waals surface area contributed by atoms with E-state index >= 15 is 0 Å². The minimum absolute atomic E-state index is 0.130. The number of nitrogens with two attached hydrogens (primary N) is 1. The quantitative estimate of drug-likeness (QED) is 0.210. The molecule has 1 aliphatic rings. The van der Waals surface area contributed by atoms with Gasteiger partial charge in [0.2, 0.25) is 0 Å². The Hall–Kier alpha value is -1.36. The molecule has 0 aromatic heterocycles. The number of nitrogens with one attached hydrogen (secondary N) is 1. The standard InChI is InChI=1S/C17H34BN3O6/c1-15(2,3)25-13(22)20-21(12-19,14(23)24)11-9-8-10-18-26-16(4,5)17(6,7)27-18/h8-12,19H2,1-7H3,(H-,20,22,23,24)/p+1. The van der Waals surface area contributed by atoms with Crippen LogP contribution in [-0.4, -0.2) is 59.0 Å². The Bertz CT molecular complexity index is 533. The molecular formula is C17H35BN3O6+. The second-order valence-electron chi connectivity index (χ2n) is 8.95. The highest BCUT2D eigenvalue weighted by Gasteiger charge is 2.50. The van der Waals surface area contributed by atoms with E-state index in [4.69, 9.17) is 19.8 Å². The van der Waals surface area contributed by atoms with Crippen LogP contribution in [0.25, 0.3) is 0 Å². The van der Waals surface area contributed by atoms with Crippen LogP contribution in [0.3, 0.4) is 0 Å². The van der Waals surface area contributed by atoms with Crippen LogP contribution in [0.5, 0.6) is 0 Å². The maximum absolute atomic E-state index is 12.0. The molecule has 1 atom stereocenters. The third kappa shape index (κ3) is 6.34. The first kappa shape index (κ1) is 23.7. The van der Waals surface area contributed by atoms with Gasteiger partial charge in [-0.1, -0.05) is 0 Å². The van der Waals surface area contributed by atoms with Crippen LogP contribution in [0, 0.1) is 0 Å². The first-order valence-electron chi connectivity index (χ1n) is 9.32. The van der Waals surface area contributed by atoms with Crippen molar-refractivity contribution in [3.63, 3.8) is 0 Å². The number of quaternary nitrogens is 1. The summed E-state index contributed by atoms with van der Waals surface area (Å²) in [6.45, 7) is 12.9. The highest BCUT2D eigenvalue weighted by molar-refractivity contribution is 6.45. The largest absolute Gasteiger partial charge is 0.540 e. The average Bonchev–Trinajstić information content (AvgIpc) is 2.67. The molecule has 1 heterocycles. The lowest BCUT2D eigenvalue weighted by molar-refractivity contribution is -0.892. The van der Waals surface area contributed by atoms with Gasteiger partial charge in [0.15, 0.2) is 6.67 Å². The molecule has 1 saturated heterocycles. The fourth-order valence-corrected chi connectivity index (χ4v) is 2.67. The molecule has 9 nitrogen and oxygen atoms in total. The van der Waals surface area contributed by atoms with Crippen molar-refractivity contribution >= 4 is 19.3 Å². The monoisotopic (exact) mass is 388 g/mol. The van der Waals surface area contributed by atoms with Crippen molar-refractivity contribution in [3.05, 3.63) is 0 Å². The van der Waals surface area contributed by atoms with Crippen molar-refractivity contribution in [2.45, 2.75) is 84.4 Å². The van der Waals surface area contributed by atoms with Crippen molar-refractivity contribution in [1.29, 1.82) is 0 Å². The Labute approximate surface area is 162 Å². The third-order valence-electron chi connectivity index (χ3n) is 4.91. The molecule has 1 unspecified atom stereocenters. The van der Waals surface area contributed by atoms with Crippen molar-refractivity contribution in [2.24, 2.45) is 5.73 Å². The van der Waals surface area contributed by atoms with Crippen LogP contribution in [0.4, 0.5) is 9.59 Å². The van der Waals surface area contributed by atoms with Crippen LogP contribution < -0.4 is 11.2 Å². The summed E-state index contributed by atoms with van der Waals surface area (Å²) < 4.78 is 16.2. The van der Waals surface area contributed by atoms with Gasteiger partial charge in [0.25, 0.3) is 0 Å². The van der Waals surface area contributed by atoms with E-state index in [9.17, 15) is 14.7 Å². The zero-order chi connectivity index (χ0) is 21.1. The number of hydrogen-bond acceptors (Lipinski definition) is 6. The van der Waals surface area contributed by atoms with Crippen LogP contribution >= 0.6 is 0 Å². The first-order chi connectivity index (χ1) is 12.1. The molecule has 156 valence electrons. The zero-order valence-corrected chi connectivity index (χ0v) is 17.6. The van der Waals surface area contributed by atoms with Gasteiger partial charge >= 0.3 is 19.3 Å². The number of unbranched alkanes of at least 4 members (excludes halogenated alkanes) is 1. The highest BCUT2D eigenvalue weighted by Crippen LogP contribution is 2.38. The van der Waals surface area contributed by atoms with Crippen molar-refractivity contribution in [1.82, 2.24) is 5.43 Å². The zero-order valence-electron chi connectivity index (χ0n) is 17.6. The number of carboxylic acid groups (broad SMARTS) is 1. The van der Waals surface area contributed by atoms with Gasteiger partial charge in [-0.05, 0) is 67.6 Å². The smallest absolute Gasteiger partial charge is 0.441 e. The van der Waals surface area contributed by atoms with Crippen LogP contribution in [0.1, 0.15) is 61.3 Å². The lowest BCUT2D eigenvalue weighted by Gasteiger charge is -2.32. The maximum atomic E-state index is 12.0. The predicted octanol–water partition coefficient (Wildman–Crippen LogP) is 2.71. The molecule has 0 aromatic rings. The SMILES string of the molecule is CC(C)(C)OC(=O)N[N+](CN)(CCCCB1OC(C)(C)C(C)(C)O1)C(=O)O. The van der Waals surface area contributed by atoms with E-state index in [0.29, 0.717) is 19.2 Å². The molecular weight excluding hydrogens is 353 g/mol. The summed E-state index contributed by atoms with van der Waals surface area (Å²) in [5.74, 6) is 0. The summed E-state index contributed by atoms with van der Waals surface area (Å²) in [6, 6.07) is 0. The number of amides is 2. The Morgan fingerprint density at radius 1 is 1.15 bits per heavy atom. The minimum atomic E-state index is -1.24. The van der Waals surface area contributed by atoms with E-state index in [0.717, 1.165) is 0 Å². The van der Waals surface area contributed by atoms with E-state index in [-0.39, 0.29) is 20.3 Å². The molecule has 1 aliphatic heterocycles.